The molecule has 2 fully saturated rings. The molecule has 0 saturated carbocycles. The maximum Gasteiger partial charge on any atom is 0.227 e. The Kier molecular flexibility index (Phi) is 5.55. The van der Waals surface area contributed by atoms with Crippen LogP contribution in [0.1, 0.15) is 19.3 Å². The average Bonchev–Trinajstić information content (AvgIpc) is 3.03. The highest BCUT2D eigenvalue weighted by molar-refractivity contribution is 7.89. The van der Waals surface area contributed by atoms with Crippen molar-refractivity contribution in [2.24, 2.45) is 17.0 Å². The summed E-state index contributed by atoms with van der Waals surface area (Å²) >= 11 is 6.25. The summed E-state index contributed by atoms with van der Waals surface area (Å²) in [5, 5.41) is 5.83. The van der Waals surface area contributed by atoms with Crippen molar-refractivity contribution in [3.05, 3.63) is 29.3 Å². The van der Waals surface area contributed by atoms with Crippen molar-refractivity contribution in [1.29, 1.82) is 0 Å². The van der Waals surface area contributed by atoms with Crippen LogP contribution in [0.3, 0.4) is 0 Å². The Hall–Kier alpha value is -1.31. The third kappa shape index (κ3) is 4.65. The molecule has 2 saturated heterocycles. The number of anilines is 1. The molecule has 2 N–H and O–H groups in total. The number of amides is 1. The topological polar surface area (TPSA) is 83.7 Å². The fourth-order valence-corrected chi connectivity index (χ4v) is 5.04. The number of rotatable bonds is 4. The molecule has 0 bridgehead atoms. The normalized spacial score (nSPS) is 22.4. The van der Waals surface area contributed by atoms with Gasteiger partial charge in [0.2, 0.25) is 15.9 Å². The number of piperidine rings is 1. The minimum absolute atomic E-state index is 0.0126. The SMILES string of the molecule is NS(=O)(=O)CC1CCN(C(=O)C2CCN(c3ccccc3Cl)C2)CC1. The van der Waals surface area contributed by atoms with Gasteiger partial charge < -0.3 is 9.80 Å². The summed E-state index contributed by atoms with van der Waals surface area (Å²) in [7, 11) is -3.44. The third-order valence-electron chi connectivity index (χ3n) is 5.12. The van der Waals surface area contributed by atoms with Gasteiger partial charge in [-0.15, -0.1) is 0 Å². The maximum absolute atomic E-state index is 12.8. The number of primary sulfonamides is 1. The van der Waals surface area contributed by atoms with Crippen molar-refractivity contribution in [1.82, 2.24) is 4.90 Å². The first-order valence-electron chi connectivity index (χ1n) is 8.62. The van der Waals surface area contributed by atoms with Gasteiger partial charge in [0.25, 0.3) is 0 Å². The van der Waals surface area contributed by atoms with Crippen molar-refractivity contribution in [2.75, 3.05) is 36.8 Å². The van der Waals surface area contributed by atoms with E-state index in [2.05, 4.69) is 4.90 Å². The summed E-state index contributed by atoms with van der Waals surface area (Å²) in [5.41, 5.74) is 0.978. The van der Waals surface area contributed by atoms with E-state index in [4.69, 9.17) is 16.7 Å². The highest BCUT2D eigenvalue weighted by atomic mass is 35.5. The third-order valence-corrected chi connectivity index (χ3v) is 6.38. The molecule has 1 atom stereocenters. The van der Waals surface area contributed by atoms with Gasteiger partial charge in [-0.25, -0.2) is 13.6 Å². The lowest BCUT2D eigenvalue weighted by Gasteiger charge is -2.33. The molecule has 3 rings (SSSR count). The van der Waals surface area contributed by atoms with Crippen molar-refractivity contribution in [3.8, 4) is 0 Å². The van der Waals surface area contributed by atoms with Gasteiger partial charge in [0.05, 0.1) is 22.4 Å². The first-order chi connectivity index (χ1) is 11.8. The Morgan fingerprint density at radius 2 is 1.84 bits per heavy atom. The van der Waals surface area contributed by atoms with Crippen LogP contribution in [-0.2, 0) is 14.8 Å². The molecule has 1 amide bonds. The molecule has 138 valence electrons. The van der Waals surface area contributed by atoms with Crippen LogP contribution < -0.4 is 10.0 Å². The van der Waals surface area contributed by atoms with Crippen LogP contribution in [0.5, 0.6) is 0 Å². The molecule has 0 spiro atoms. The van der Waals surface area contributed by atoms with E-state index in [-0.39, 0.29) is 23.5 Å². The van der Waals surface area contributed by atoms with Gasteiger partial charge in [0.15, 0.2) is 0 Å². The van der Waals surface area contributed by atoms with E-state index in [0.717, 1.165) is 18.7 Å². The number of sulfonamides is 1. The van der Waals surface area contributed by atoms with Crippen molar-refractivity contribution in [3.63, 3.8) is 0 Å². The number of likely N-dealkylation sites (tertiary alicyclic amines) is 1. The molecule has 2 aliphatic rings. The predicted octanol–water partition coefficient (Wildman–Crippen LogP) is 1.69. The van der Waals surface area contributed by atoms with E-state index in [9.17, 15) is 13.2 Å². The Morgan fingerprint density at radius 1 is 1.16 bits per heavy atom. The number of hydrogen-bond acceptors (Lipinski definition) is 4. The smallest absolute Gasteiger partial charge is 0.227 e. The van der Waals surface area contributed by atoms with Crippen LogP contribution in [0, 0.1) is 11.8 Å². The summed E-state index contributed by atoms with van der Waals surface area (Å²) in [6.45, 7) is 2.73. The Balaban J connectivity index is 1.54. The molecule has 0 aliphatic carbocycles. The van der Waals surface area contributed by atoms with Crippen LogP contribution in [-0.4, -0.2) is 51.2 Å². The number of hydrogen-bond donors (Lipinski definition) is 1. The predicted molar refractivity (Wildman–Crippen MR) is 99.1 cm³/mol. The molecule has 25 heavy (non-hydrogen) atoms. The molecular formula is C17H24ClN3O3S. The lowest BCUT2D eigenvalue weighted by molar-refractivity contribution is -0.136. The summed E-state index contributed by atoms with van der Waals surface area (Å²) in [5.74, 6) is 0.218. The molecule has 1 aromatic rings. The van der Waals surface area contributed by atoms with Gasteiger partial charge in [0, 0.05) is 26.2 Å². The van der Waals surface area contributed by atoms with Gasteiger partial charge in [0.1, 0.15) is 0 Å². The number of carbonyl (C=O) groups is 1. The van der Waals surface area contributed by atoms with E-state index < -0.39 is 10.0 Å². The zero-order valence-corrected chi connectivity index (χ0v) is 15.7. The highest BCUT2D eigenvalue weighted by Gasteiger charge is 2.34. The minimum Gasteiger partial charge on any atom is -0.370 e. The molecule has 8 heteroatoms. The highest BCUT2D eigenvalue weighted by Crippen LogP contribution is 2.31. The number of benzene rings is 1. The van der Waals surface area contributed by atoms with Crippen LogP contribution in [0.2, 0.25) is 5.02 Å². The van der Waals surface area contributed by atoms with Crippen molar-refractivity contribution in [2.45, 2.75) is 19.3 Å². The van der Waals surface area contributed by atoms with Crippen LogP contribution in [0.4, 0.5) is 5.69 Å². The molecule has 2 heterocycles. The summed E-state index contributed by atoms with van der Waals surface area (Å²) < 4.78 is 22.4. The Bertz CT molecular complexity index is 732. The molecular weight excluding hydrogens is 362 g/mol. The van der Waals surface area contributed by atoms with Crippen LogP contribution in [0.25, 0.3) is 0 Å². The lowest BCUT2D eigenvalue weighted by Crippen LogP contribution is -2.43. The standard InChI is InChI=1S/C17H24ClN3O3S/c18-15-3-1-2-4-16(15)21-10-7-14(11-21)17(22)20-8-5-13(6-9-20)12-25(19,23)24/h1-4,13-14H,5-12H2,(H2,19,23,24). The van der Waals surface area contributed by atoms with E-state index in [1.54, 1.807) is 0 Å². The summed E-state index contributed by atoms with van der Waals surface area (Å²) in [4.78, 5) is 16.8. The summed E-state index contributed by atoms with van der Waals surface area (Å²) in [6.07, 6.45) is 2.22. The van der Waals surface area contributed by atoms with Gasteiger partial charge in [-0.1, -0.05) is 23.7 Å². The molecule has 0 radical (unpaired) electrons. The van der Waals surface area contributed by atoms with Gasteiger partial charge >= 0.3 is 0 Å². The molecule has 1 unspecified atom stereocenters. The van der Waals surface area contributed by atoms with Crippen molar-refractivity contribution >= 4 is 33.2 Å². The first kappa shape index (κ1) is 18.5. The monoisotopic (exact) mass is 385 g/mol. The van der Waals surface area contributed by atoms with E-state index in [1.807, 2.05) is 29.2 Å². The fraction of sp³-hybridized carbons (Fsp3) is 0.588. The molecule has 1 aromatic carbocycles. The van der Waals surface area contributed by atoms with Crippen LogP contribution in [0.15, 0.2) is 24.3 Å². The zero-order chi connectivity index (χ0) is 18.0. The number of nitrogens with zero attached hydrogens (tertiary/aromatic N) is 2. The zero-order valence-electron chi connectivity index (χ0n) is 14.1. The second-order valence-corrected chi connectivity index (χ2v) is 9.05. The van der Waals surface area contributed by atoms with Gasteiger partial charge in [-0.3, -0.25) is 4.79 Å². The Labute approximate surface area is 154 Å². The van der Waals surface area contributed by atoms with E-state index >= 15 is 0 Å². The number of nitrogens with two attached hydrogens (primary N) is 1. The van der Waals surface area contributed by atoms with Crippen LogP contribution >= 0.6 is 11.6 Å². The van der Waals surface area contributed by atoms with E-state index in [1.165, 1.54) is 0 Å². The second kappa shape index (κ2) is 7.51. The number of halogens is 1. The number of para-hydroxylation sites is 1. The van der Waals surface area contributed by atoms with Gasteiger partial charge in [-0.2, -0.15) is 0 Å². The van der Waals surface area contributed by atoms with Crippen molar-refractivity contribution < 1.29 is 13.2 Å². The first-order valence-corrected chi connectivity index (χ1v) is 10.7. The maximum atomic E-state index is 12.8. The summed E-state index contributed by atoms with van der Waals surface area (Å²) in [6, 6.07) is 7.69. The lowest BCUT2D eigenvalue weighted by atomic mass is 9.97. The second-order valence-electron chi connectivity index (χ2n) is 6.98. The average molecular weight is 386 g/mol. The molecule has 6 nitrogen and oxygen atoms in total. The quantitative estimate of drug-likeness (QED) is 0.854. The largest absolute Gasteiger partial charge is 0.370 e. The fourth-order valence-electron chi connectivity index (χ4n) is 3.80. The van der Waals surface area contributed by atoms with E-state index in [0.29, 0.717) is 37.5 Å². The Morgan fingerprint density at radius 3 is 2.48 bits per heavy atom. The molecule has 0 aromatic heterocycles. The van der Waals surface area contributed by atoms with Gasteiger partial charge in [-0.05, 0) is 37.3 Å². The molecule has 2 aliphatic heterocycles. The minimum atomic E-state index is -3.44. The number of carbonyl (C=O) groups excluding carboxylic acids is 1.